The molecule has 3 aromatic carbocycles. The van der Waals surface area contributed by atoms with Crippen LogP contribution in [-0.2, 0) is 20.9 Å². The van der Waals surface area contributed by atoms with Gasteiger partial charge in [-0.15, -0.1) is 0 Å². The van der Waals surface area contributed by atoms with Crippen molar-refractivity contribution in [2.24, 2.45) is 0 Å². The predicted octanol–water partition coefficient (Wildman–Crippen LogP) is 8.37. The summed E-state index contributed by atoms with van der Waals surface area (Å²) in [6, 6.07) is 21.8. The van der Waals surface area contributed by atoms with Crippen LogP contribution in [0.25, 0.3) is 22.2 Å². The number of hydrogen-bond donors (Lipinski definition) is 0. The molecule has 1 heterocycles. The van der Waals surface area contributed by atoms with E-state index >= 15 is 0 Å². The molecule has 0 atom stereocenters. The third-order valence-corrected chi connectivity index (χ3v) is 8.27. The quantitative estimate of drug-likeness (QED) is 0.0711. The van der Waals surface area contributed by atoms with E-state index in [0.717, 1.165) is 79.2 Å². The molecule has 0 aliphatic carbocycles. The molecule has 0 bridgehead atoms. The van der Waals surface area contributed by atoms with Crippen LogP contribution >= 0.6 is 0 Å². The Hall–Kier alpha value is -4.46. The van der Waals surface area contributed by atoms with Crippen molar-refractivity contribution in [1.82, 2.24) is 9.47 Å². The molecular weight excluding hydrogens is 581 g/mol. The van der Waals surface area contributed by atoms with E-state index in [-0.39, 0.29) is 17.6 Å². The first-order valence-corrected chi connectivity index (χ1v) is 16.4. The molecule has 0 fully saturated rings. The van der Waals surface area contributed by atoms with E-state index in [9.17, 15) is 18.8 Å². The minimum Gasteiger partial charge on any atom is -0.427 e. The van der Waals surface area contributed by atoms with E-state index in [1.165, 1.54) is 19.1 Å². The zero-order valence-electron chi connectivity index (χ0n) is 27.6. The van der Waals surface area contributed by atoms with Crippen LogP contribution in [0.5, 0.6) is 5.75 Å². The van der Waals surface area contributed by atoms with Crippen LogP contribution in [0.2, 0.25) is 0 Å². The molecule has 46 heavy (non-hydrogen) atoms. The summed E-state index contributed by atoms with van der Waals surface area (Å²) in [4.78, 5) is 41.2. The molecule has 8 heteroatoms. The maximum Gasteiger partial charge on any atom is 0.308 e. The van der Waals surface area contributed by atoms with Crippen molar-refractivity contribution in [3.63, 3.8) is 0 Å². The van der Waals surface area contributed by atoms with E-state index in [0.29, 0.717) is 30.9 Å². The molecular formula is C38H46FN3O4. The first kappa shape index (κ1) is 34.4. The SMILES string of the molecule is CCCCN(C)C(=O)CCCCCCCN(C(C)=O)c1c(-c2ccc(F)cc2)n(Cc2ccccc2)c2ccc(OC(C)=O)cc12. The Morgan fingerprint density at radius 1 is 0.826 bits per heavy atom. The number of carbonyl (C=O) groups excluding carboxylic acids is 3. The fraction of sp³-hybridized carbons (Fsp3) is 0.395. The van der Waals surface area contributed by atoms with E-state index in [1.807, 2.05) is 54.4 Å². The lowest BCUT2D eigenvalue weighted by molar-refractivity contribution is -0.132. The molecule has 0 saturated heterocycles. The van der Waals surface area contributed by atoms with Crippen molar-refractivity contribution in [2.45, 2.75) is 78.7 Å². The van der Waals surface area contributed by atoms with Gasteiger partial charge in [-0.3, -0.25) is 14.4 Å². The molecule has 0 spiro atoms. The molecule has 0 N–H and O–H groups in total. The van der Waals surface area contributed by atoms with Gasteiger partial charge < -0.3 is 19.1 Å². The summed E-state index contributed by atoms with van der Waals surface area (Å²) in [5, 5.41) is 0.773. The smallest absolute Gasteiger partial charge is 0.308 e. The van der Waals surface area contributed by atoms with Crippen LogP contribution in [0.15, 0.2) is 72.8 Å². The number of anilines is 1. The molecule has 0 aliphatic rings. The summed E-state index contributed by atoms with van der Waals surface area (Å²) in [6.07, 6.45) is 7.12. The maximum atomic E-state index is 14.1. The Labute approximate surface area is 271 Å². The number of unbranched alkanes of at least 4 members (excludes halogenated alkanes) is 5. The van der Waals surface area contributed by atoms with Gasteiger partial charge in [0.2, 0.25) is 11.8 Å². The highest BCUT2D eigenvalue weighted by Gasteiger charge is 2.26. The fourth-order valence-electron chi connectivity index (χ4n) is 5.86. The Kier molecular flexibility index (Phi) is 12.5. The third kappa shape index (κ3) is 9.05. The summed E-state index contributed by atoms with van der Waals surface area (Å²) >= 11 is 0. The molecule has 7 nitrogen and oxygen atoms in total. The maximum absolute atomic E-state index is 14.1. The lowest BCUT2D eigenvalue weighted by Crippen LogP contribution is -2.30. The monoisotopic (exact) mass is 627 g/mol. The number of ether oxygens (including phenoxy) is 1. The van der Waals surface area contributed by atoms with Crippen molar-refractivity contribution >= 4 is 34.4 Å². The van der Waals surface area contributed by atoms with Crippen LogP contribution in [-0.4, -0.2) is 47.4 Å². The zero-order valence-corrected chi connectivity index (χ0v) is 27.6. The first-order valence-electron chi connectivity index (χ1n) is 16.4. The third-order valence-electron chi connectivity index (χ3n) is 8.27. The summed E-state index contributed by atoms with van der Waals surface area (Å²) in [5.41, 5.74) is 4.22. The van der Waals surface area contributed by atoms with Gasteiger partial charge in [0.05, 0.1) is 16.9 Å². The van der Waals surface area contributed by atoms with Gasteiger partial charge in [0.1, 0.15) is 11.6 Å². The van der Waals surface area contributed by atoms with Crippen molar-refractivity contribution in [3.05, 3.63) is 84.2 Å². The zero-order chi connectivity index (χ0) is 33.1. The average Bonchev–Trinajstić information content (AvgIpc) is 3.33. The van der Waals surface area contributed by atoms with E-state index in [1.54, 1.807) is 30.0 Å². The summed E-state index contributed by atoms with van der Waals surface area (Å²) in [7, 11) is 1.88. The highest BCUT2D eigenvalue weighted by molar-refractivity contribution is 6.10. The highest BCUT2D eigenvalue weighted by Crippen LogP contribution is 2.43. The number of halogens is 1. The standard InChI is InChI=1S/C38H46FN3O4/c1-5-6-24-40(4)36(45)17-13-8-7-9-14-25-41(28(2)43)38-34-26-33(46-29(3)44)22-23-35(34)42(27-30-15-11-10-12-16-30)37(38)31-18-20-32(39)21-19-31/h10-12,15-16,18-23,26H,5-9,13-14,17,24-25,27H2,1-4H3. The summed E-state index contributed by atoms with van der Waals surface area (Å²) in [5.74, 6) is -0.292. The summed E-state index contributed by atoms with van der Waals surface area (Å²) < 4.78 is 21.7. The molecule has 4 aromatic rings. The fourth-order valence-corrected chi connectivity index (χ4v) is 5.86. The van der Waals surface area contributed by atoms with E-state index in [4.69, 9.17) is 4.74 Å². The average molecular weight is 628 g/mol. The Morgan fingerprint density at radius 3 is 2.20 bits per heavy atom. The molecule has 2 amide bonds. The van der Waals surface area contributed by atoms with Gasteiger partial charge in [0.15, 0.2) is 0 Å². The molecule has 4 rings (SSSR count). The van der Waals surface area contributed by atoms with Crippen molar-refractivity contribution in [3.8, 4) is 17.0 Å². The second kappa shape index (κ2) is 16.7. The number of nitrogens with zero attached hydrogens (tertiary/aromatic N) is 3. The van der Waals surface area contributed by atoms with Crippen LogP contribution in [0.1, 0.15) is 77.7 Å². The van der Waals surface area contributed by atoms with Crippen LogP contribution in [0.3, 0.4) is 0 Å². The number of esters is 1. The first-order chi connectivity index (χ1) is 22.2. The lowest BCUT2D eigenvalue weighted by atomic mass is 10.1. The minimum atomic E-state index is -0.430. The highest BCUT2D eigenvalue weighted by atomic mass is 19.1. The minimum absolute atomic E-state index is 0.110. The van der Waals surface area contributed by atoms with Gasteiger partial charge in [-0.2, -0.15) is 0 Å². The number of fused-ring (bicyclic) bond motifs is 1. The molecule has 0 unspecified atom stereocenters. The number of aromatic nitrogens is 1. The van der Waals surface area contributed by atoms with E-state index < -0.39 is 5.97 Å². The van der Waals surface area contributed by atoms with Crippen molar-refractivity contribution < 1.29 is 23.5 Å². The lowest BCUT2D eigenvalue weighted by Gasteiger charge is -2.23. The molecule has 1 aromatic heterocycles. The van der Waals surface area contributed by atoms with Crippen LogP contribution < -0.4 is 9.64 Å². The normalized spacial score (nSPS) is 11.1. The Bertz CT molecular complexity index is 1610. The molecule has 0 radical (unpaired) electrons. The second-order valence-corrected chi connectivity index (χ2v) is 11.9. The van der Waals surface area contributed by atoms with Crippen LogP contribution in [0.4, 0.5) is 10.1 Å². The molecule has 244 valence electrons. The Morgan fingerprint density at radius 2 is 1.52 bits per heavy atom. The predicted molar refractivity (Wildman–Crippen MR) is 182 cm³/mol. The summed E-state index contributed by atoms with van der Waals surface area (Å²) in [6.45, 7) is 6.86. The number of carbonyl (C=O) groups is 3. The van der Waals surface area contributed by atoms with Gasteiger partial charge in [0, 0.05) is 57.9 Å². The van der Waals surface area contributed by atoms with Gasteiger partial charge in [-0.1, -0.05) is 62.9 Å². The topological polar surface area (TPSA) is 71.8 Å². The number of rotatable bonds is 16. The number of benzene rings is 3. The van der Waals surface area contributed by atoms with Crippen molar-refractivity contribution in [1.29, 1.82) is 0 Å². The van der Waals surface area contributed by atoms with Gasteiger partial charge in [-0.05, 0) is 67.3 Å². The van der Waals surface area contributed by atoms with Gasteiger partial charge >= 0.3 is 5.97 Å². The molecule has 0 saturated carbocycles. The number of amides is 2. The van der Waals surface area contributed by atoms with Crippen LogP contribution in [0, 0.1) is 5.82 Å². The molecule has 0 aliphatic heterocycles. The Balaban J connectivity index is 1.63. The van der Waals surface area contributed by atoms with Gasteiger partial charge in [0.25, 0.3) is 0 Å². The van der Waals surface area contributed by atoms with Gasteiger partial charge in [-0.25, -0.2) is 4.39 Å². The largest absolute Gasteiger partial charge is 0.427 e. The van der Waals surface area contributed by atoms with Crippen molar-refractivity contribution in [2.75, 3.05) is 25.0 Å². The second-order valence-electron chi connectivity index (χ2n) is 11.9. The van der Waals surface area contributed by atoms with E-state index in [2.05, 4.69) is 11.5 Å². The number of hydrogen-bond acceptors (Lipinski definition) is 4.